The largest absolute Gasteiger partial charge is 1.00 e. The zero-order valence-corrected chi connectivity index (χ0v) is 27.2. The van der Waals surface area contributed by atoms with Crippen molar-refractivity contribution in [3.05, 3.63) is 94.9 Å². The Balaban J connectivity index is 0.00000560. The topological polar surface area (TPSA) is 35.5 Å². The number of benzene rings is 3. The molecular formula is C35H48LiNO2Si. The maximum absolute atomic E-state index is 14.3. The number of hydrogen-bond donors (Lipinski definition) is 0. The van der Waals surface area contributed by atoms with Crippen LogP contribution in [0.2, 0.25) is 5.04 Å². The van der Waals surface area contributed by atoms with Gasteiger partial charge in [0, 0.05) is 12.1 Å². The van der Waals surface area contributed by atoms with Crippen LogP contribution < -0.4 is 44.8 Å². The van der Waals surface area contributed by atoms with E-state index < -0.39 is 8.32 Å². The first-order valence-corrected chi connectivity index (χ1v) is 16.5. The molecule has 0 unspecified atom stereocenters. The molecule has 0 spiro atoms. The normalized spacial score (nSPS) is 13.0. The van der Waals surface area contributed by atoms with E-state index in [2.05, 4.69) is 114 Å². The summed E-state index contributed by atoms with van der Waals surface area (Å²) in [5.74, 6) is 0.0619. The summed E-state index contributed by atoms with van der Waals surface area (Å²) in [4.78, 5) is 2.12. The van der Waals surface area contributed by atoms with Crippen LogP contribution in [0.5, 0.6) is 0 Å². The van der Waals surface area contributed by atoms with Gasteiger partial charge in [0.1, 0.15) is 0 Å². The van der Waals surface area contributed by atoms with Gasteiger partial charge in [-0.25, -0.2) is 0 Å². The molecule has 0 aliphatic carbocycles. The average Bonchev–Trinajstić information content (AvgIpc) is 2.93. The molecule has 3 nitrogen and oxygen atoms in total. The second-order valence-corrected chi connectivity index (χ2v) is 16.1. The SMILES string of the molecule is C=c1ccc(C)c/c1=C(/[O-])N(CCO[Si](c1ccccc1)(c1ccccc1)C(C)(C)C)C(CC)(CC)CCC.[Li+]. The first-order chi connectivity index (χ1) is 18.6. The summed E-state index contributed by atoms with van der Waals surface area (Å²) in [7, 11) is -2.70. The molecule has 0 aliphatic heterocycles. The van der Waals surface area contributed by atoms with Gasteiger partial charge in [0.25, 0.3) is 8.32 Å². The zero-order valence-electron chi connectivity index (χ0n) is 26.2. The van der Waals surface area contributed by atoms with Crippen LogP contribution in [0.1, 0.15) is 72.8 Å². The molecule has 3 rings (SSSR count). The Morgan fingerprint density at radius 1 is 0.875 bits per heavy atom. The van der Waals surface area contributed by atoms with Crippen LogP contribution >= 0.6 is 0 Å². The van der Waals surface area contributed by atoms with E-state index in [9.17, 15) is 5.11 Å². The molecule has 0 heterocycles. The third-order valence-corrected chi connectivity index (χ3v) is 13.4. The standard InChI is InChI=1S/C35H49NO2Si.Li/c1-9-24-35(10-2,11-3)36(33(37)32-27-28(4)22-23-29(32)5)25-26-38-39(34(6,7)8,30-18-14-12-15-19-30)31-20-16-13-17-21-31;/h12-23,27,37H,5,9-11,24-26H2,1-4,6-8H3;/q;+1/p-1/b33-32-;. The van der Waals surface area contributed by atoms with Crippen molar-refractivity contribution in [3.63, 3.8) is 0 Å². The summed E-state index contributed by atoms with van der Waals surface area (Å²) in [6.07, 6.45) is 3.79. The fourth-order valence-corrected chi connectivity index (χ4v) is 10.8. The van der Waals surface area contributed by atoms with Crippen molar-refractivity contribution in [2.24, 2.45) is 0 Å². The van der Waals surface area contributed by atoms with Crippen LogP contribution in [0.3, 0.4) is 0 Å². The Hall–Kier alpha value is -2.23. The second-order valence-electron chi connectivity index (χ2n) is 11.8. The van der Waals surface area contributed by atoms with E-state index >= 15 is 0 Å². The molecule has 5 heteroatoms. The Kier molecular flexibility index (Phi) is 12.4. The van der Waals surface area contributed by atoms with Gasteiger partial charge >= 0.3 is 18.9 Å². The molecule has 0 fully saturated rings. The van der Waals surface area contributed by atoms with Crippen molar-refractivity contribution in [3.8, 4) is 0 Å². The molecular weight excluding hydrogens is 501 g/mol. The molecule has 0 atom stereocenters. The van der Waals surface area contributed by atoms with Gasteiger partial charge < -0.3 is 14.4 Å². The van der Waals surface area contributed by atoms with Gasteiger partial charge in [-0.3, -0.25) is 0 Å². The first kappa shape index (κ1) is 34.0. The number of rotatable bonds is 12. The van der Waals surface area contributed by atoms with Gasteiger partial charge in [-0.1, -0.05) is 139 Å². The van der Waals surface area contributed by atoms with E-state index in [1.165, 1.54) is 10.4 Å². The molecule has 40 heavy (non-hydrogen) atoms. The fraction of sp³-hybridized carbons (Fsp3) is 0.429. The summed E-state index contributed by atoms with van der Waals surface area (Å²) in [5, 5.41) is 18.2. The Morgan fingerprint density at radius 2 is 1.40 bits per heavy atom. The van der Waals surface area contributed by atoms with Crippen LogP contribution in [0.15, 0.2) is 78.9 Å². The van der Waals surface area contributed by atoms with Gasteiger partial charge in [0.2, 0.25) is 0 Å². The van der Waals surface area contributed by atoms with Crippen LogP contribution in [0, 0.1) is 6.92 Å². The van der Waals surface area contributed by atoms with Crippen molar-refractivity contribution < 1.29 is 28.4 Å². The Bertz CT molecular complexity index is 1260. The van der Waals surface area contributed by atoms with Crippen LogP contribution in [0.25, 0.3) is 12.5 Å². The molecule has 0 N–H and O–H groups in total. The molecule has 3 aromatic carbocycles. The maximum Gasteiger partial charge on any atom is 1.00 e. The molecule has 210 valence electrons. The van der Waals surface area contributed by atoms with Crippen LogP contribution in [0.4, 0.5) is 0 Å². The van der Waals surface area contributed by atoms with Crippen LogP contribution in [-0.2, 0) is 4.43 Å². The minimum Gasteiger partial charge on any atom is -0.860 e. The molecule has 0 radical (unpaired) electrons. The fourth-order valence-electron chi connectivity index (χ4n) is 6.23. The quantitative estimate of drug-likeness (QED) is 0.325. The average molecular weight is 550 g/mol. The summed E-state index contributed by atoms with van der Waals surface area (Å²) >= 11 is 0. The number of hydrogen-bond acceptors (Lipinski definition) is 3. The third kappa shape index (κ3) is 6.97. The Morgan fingerprint density at radius 3 is 1.85 bits per heavy atom. The summed E-state index contributed by atoms with van der Waals surface area (Å²) < 4.78 is 7.23. The molecule has 0 bridgehead atoms. The van der Waals surface area contributed by atoms with E-state index in [1.807, 2.05) is 25.1 Å². The summed E-state index contributed by atoms with van der Waals surface area (Å²) in [5.41, 5.74) is 0.847. The molecule has 0 aromatic heterocycles. The summed E-state index contributed by atoms with van der Waals surface area (Å²) in [6.45, 7) is 20.8. The van der Waals surface area contributed by atoms with Gasteiger partial charge in [0.05, 0.1) is 6.61 Å². The third-order valence-electron chi connectivity index (χ3n) is 8.40. The maximum atomic E-state index is 14.3. The predicted molar refractivity (Wildman–Crippen MR) is 168 cm³/mol. The smallest absolute Gasteiger partial charge is 0.860 e. The summed E-state index contributed by atoms with van der Waals surface area (Å²) in [6, 6.07) is 27.4. The zero-order chi connectivity index (χ0) is 28.7. The molecule has 3 aromatic rings. The number of nitrogens with zero attached hydrogens (tertiary/aromatic N) is 1. The molecule has 0 saturated carbocycles. The minimum atomic E-state index is -2.70. The van der Waals surface area contributed by atoms with E-state index in [0.29, 0.717) is 18.4 Å². The minimum absolute atomic E-state index is 0. The second kappa shape index (κ2) is 14.6. The van der Waals surface area contributed by atoms with Crippen molar-refractivity contribution in [1.82, 2.24) is 4.90 Å². The van der Waals surface area contributed by atoms with E-state index in [-0.39, 0.29) is 35.3 Å². The van der Waals surface area contributed by atoms with Gasteiger partial charge in [0.15, 0.2) is 0 Å². The Labute approximate surface area is 256 Å². The molecule has 0 aliphatic rings. The van der Waals surface area contributed by atoms with E-state index in [1.54, 1.807) is 0 Å². The van der Waals surface area contributed by atoms with Gasteiger partial charge in [-0.05, 0) is 57.9 Å². The van der Waals surface area contributed by atoms with Gasteiger partial charge in [-0.15, -0.1) is 0 Å². The molecule has 0 saturated heterocycles. The van der Waals surface area contributed by atoms with Crippen molar-refractivity contribution in [2.45, 2.75) is 84.7 Å². The predicted octanol–water partition coefficient (Wildman–Crippen LogP) is 2.07. The van der Waals surface area contributed by atoms with E-state index in [0.717, 1.165) is 36.5 Å². The van der Waals surface area contributed by atoms with Crippen molar-refractivity contribution in [1.29, 1.82) is 0 Å². The first-order valence-electron chi connectivity index (χ1n) is 14.6. The monoisotopic (exact) mass is 549 g/mol. The van der Waals surface area contributed by atoms with E-state index in [4.69, 9.17) is 4.43 Å². The van der Waals surface area contributed by atoms with Gasteiger partial charge in [-0.2, -0.15) is 0 Å². The number of aryl methyl sites for hydroxylation is 1. The van der Waals surface area contributed by atoms with Crippen LogP contribution in [-0.4, -0.2) is 31.9 Å². The van der Waals surface area contributed by atoms with Crippen molar-refractivity contribution in [2.75, 3.05) is 13.2 Å². The van der Waals surface area contributed by atoms with Crippen molar-refractivity contribution >= 4 is 31.2 Å². The molecule has 0 amide bonds.